The molecule has 0 bridgehead atoms. The molecule has 0 aliphatic heterocycles. The molecule has 5 nitrogen and oxygen atoms in total. The van der Waals surface area contributed by atoms with E-state index < -0.39 is 10.1 Å². The van der Waals surface area contributed by atoms with E-state index in [2.05, 4.69) is 0 Å². The first-order chi connectivity index (χ1) is 11.8. The van der Waals surface area contributed by atoms with Gasteiger partial charge >= 0.3 is 10.1 Å². The van der Waals surface area contributed by atoms with Gasteiger partial charge in [-0.1, -0.05) is 12.1 Å². The molecule has 0 heterocycles. The molecular formula is C19H24O5S. The van der Waals surface area contributed by atoms with Crippen molar-refractivity contribution >= 4 is 10.1 Å². The maximum Gasteiger partial charge on any atom is 0.339 e. The largest absolute Gasteiger partial charge is 0.491 e. The highest BCUT2D eigenvalue weighted by Crippen LogP contribution is 2.25. The fourth-order valence-corrected chi connectivity index (χ4v) is 3.29. The Hall–Kier alpha value is -2.05. The third kappa shape index (κ3) is 5.47. The van der Waals surface area contributed by atoms with E-state index in [1.165, 1.54) is 6.07 Å². The van der Waals surface area contributed by atoms with E-state index in [1.807, 2.05) is 26.0 Å². The Labute approximate surface area is 149 Å². The van der Waals surface area contributed by atoms with Gasteiger partial charge in [-0.3, -0.25) is 0 Å². The zero-order valence-electron chi connectivity index (χ0n) is 15.0. The highest BCUT2D eigenvalue weighted by molar-refractivity contribution is 7.87. The van der Waals surface area contributed by atoms with Gasteiger partial charge in [0.05, 0.1) is 12.7 Å². The Morgan fingerprint density at radius 2 is 1.72 bits per heavy atom. The first-order valence-corrected chi connectivity index (χ1v) is 9.52. The van der Waals surface area contributed by atoms with Gasteiger partial charge in [-0.25, -0.2) is 0 Å². The molecule has 136 valence electrons. The SMILES string of the molecule is COCCc1ccc(OS(=O)(=O)c2ccc(OC(C)C)c(C)c2)cc1. The van der Waals surface area contributed by atoms with Crippen molar-refractivity contribution in [3.63, 3.8) is 0 Å². The van der Waals surface area contributed by atoms with Gasteiger partial charge in [-0.05, 0) is 68.7 Å². The number of hydrogen-bond donors (Lipinski definition) is 0. The predicted molar refractivity (Wildman–Crippen MR) is 96.8 cm³/mol. The average Bonchev–Trinajstić information content (AvgIpc) is 2.55. The normalized spacial score (nSPS) is 11.6. The molecule has 0 N–H and O–H groups in total. The maximum absolute atomic E-state index is 12.5. The Kier molecular flexibility index (Phi) is 6.45. The lowest BCUT2D eigenvalue weighted by molar-refractivity contribution is 0.202. The standard InChI is InChI=1S/C19H24O5S/c1-14(2)23-19-10-9-18(13-15(19)3)25(20,21)24-17-7-5-16(6-8-17)11-12-22-4/h5-10,13-14H,11-12H2,1-4H3. The van der Waals surface area contributed by atoms with Gasteiger partial charge in [-0.2, -0.15) is 8.42 Å². The molecule has 0 aliphatic rings. The van der Waals surface area contributed by atoms with Crippen molar-refractivity contribution in [2.75, 3.05) is 13.7 Å². The van der Waals surface area contributed by atoms with Gasteiger partial charge in [0.15, 0.2) is 0 Å². The van der Waals surface area contributed by atoms with Crippen LogP contribution in [0, 0.1) is 6.92 Å². The second kappa shape index (κ2) is 8.36. The van der Waals surface area contributed by atoms with Gasteiger partial charge in [0, 0.05) is 7.11 Å². The zero-order valence-corrected chi connectivity index (χ0v) is 15.8. The Balaban J connectivity index is 2.14. The van der Waals surface area contributed by atoms with Crippen molar-refractivity contribution in [3.8, 4) is 11.5 Å². The van der Waals surface area contributed by atoms with Crippen LogP contribution in [-0.2, 0) is 21.3 Å². The van der Waals surface area contributed by atoms with E-state index >= 15 is 0 Å². The molecule has 2 rings (SSSR count). The molecule has 0 aromatic heterocycles. The molecule has 0 fully saturated rings. The quantitative estimate of drug-likeness (QED) is 0.668. The van der Waals surface area contributed by atoms with Crippen molar-refractivity contribution in [3.05, 3.63) is 53.6 Å². The first-order valence-electron chi connectivity index (χ1n) is 8.11. The van der Waals surface area contributed by atoms with Gasteiger partial charge < -0.3 is 13.7 Å². The lowest BCUT2D eigenvalue weighted by atomic mass is 10.1. The van der Waals surface area contributed by atoms with Crippen LogP contribution in [0.5, 0.6) is 11.5 Å². The first kappa shape index (κ1) is 19.3. The molecular weight excluding hydrogens is 340 g/mol. The van der Waals surface area contributed by atoms with Crippen LogP contribution < -0.4 is 8.92 Å². The van der Waals surface area contributed by atoms with Crippen molar-refractivity contribution in [2.24, 2.45) is 0 Å². The summed E-state index contributed by atoms with van der Waals surface area (Å²) in [5.74, 6) is 0.942. The van der Waals surface area contributed by atoms with E-state index in [9.17, 15) is 8.42 Å². The summed E-state index contributed by atoms with van der Waals surface area (Å²) in [6, 6.07) is 11.6. The third-order valence-corrected chi connectivity index (χ3v) is 4.77. The summed E-state index contributed by atoms with van der Waals surface area (Å²) in [4.78, 5) is 0.101. The number of rotatable bonds is 8. The summed E-state index contributed by atoms with van der Waals surface area (Å²) in [5, 5.41) is 0. The van der Waals surface area contributed by atoms with Crippen LogP contribution in [0.25, 0.3) is 0 Å². The Morgan fingerprint density at radius 1 is 1.04 bits per heavy atom. The van der Waals surface area contributed by atoms with Gasteiger partial charge in [0.2, 0.25) is 0 Å². The lowest BCUT2D eigenvalue weighted by Crippen LogP contribution is -2.11. The molecule has 0 saturated carbocycles. The van der Waals surface area contributed by atoms with Crippen molar-refractivity contribution in [1.82, 2.24) is 0 Å². The summed E-state index contributed by atoms with van der Waals surface area (Å²) >= 11 is 0. The van der Waals surface area contributed by atoms with Crippen LogP contribution in [0.3, 0.4) is 0 Å². The van der Waals surface area contributed by atoms with E-state index in [0.717, 1.165) is 17.5 Å². The average molecular weight is 364 g/mol. The molecule has 6 heteroatoms. The van der Waals surface area contributed by atoms with E-state index in [-0.39, 0.29) is 16.7 Å². The molecule has 0 amide bonds. The topological polar surface area (TPSA) is 61.8 Å². The number of hydrogen-bond acceptors (Lipinski definition) is 5. The smallest absolute Gasteiger partial charge is 0.339 e. The van der Waals surface area contributed by atoms with E-state index in [4.69, 9.17) is 13.7 Å². The molecule has 25 heavy (non-hydrogen) atoms. The molecule has 2 aromatic rings. The maximum atomic E-state index is 12.5. The monoisotopic (exact) mass is 364 g/mol. The van der Waals surface area contributed by atoms with Crippen LogP contribution in [0.15, 0.2) is 47.4 Å². The van der Waals surface area contributed by atoms with Crippen molar-refractivity contribution < 1.29 is 22.1 Å². The van der Waals surface area contributed by atoms with Crippen LogP contribution in [0.2, 0.25) is 0 Å². The zero-order chi connectivity index (χ0) is 18.4. The van der Waals surface area contributed by atoms with Gasteiger partial charge in [0.1, 0.15) is 16.4 Å². The van der Waals surface area contributed by atoms with E-state index in [0.29, 0.717) is 12.4 Å². The molecule has 0 radical (unpaired) electrons. The van der Waals surface area contributed by atoms with Crippen LogP contribution >= 0.6 is 0 Å². The third-order valence-electron chi connectivity index (χ3n) is 3.52. The molecule has 2 aromatic carbocycles. The fourth-order valence-electron chi connectivity index (χ4n) is 2.27. The number of methoxy groups -OCH3 is 1. The lowest BCUT2D eigenvalue weighted by Gasteiger charge is -2.14. The second-order valence-electron chi connectivity index (χ2n) is 6.02. The van der Waals surface area contributed by atoms with Crippen molar-refractivity contribution in [1.29, 1.82) is 0 Å². The van der Waals surface area contributed by atoms with Crippen LogP contribution in [0.4, 0.5) is 0 Å². The van der Waals surface area contributed by atoms with E-state index in [1.54, 1.807) is 38.3 Å². The molecule has 0 saturated heterocycles. The van der Waals surface area contributed by atoms with Gasteiger partial charge in [-0.15, -0.1) is 0 Å². The fraction of sp³-hybridized carbons (Fsp3) is 0.368. The number of aryl methyl sites for hydroxylation is 1. The van der Waals surface area contributed by atoms with Crippen molar-refractivity contribution in [2.45, 2.75) is 38.2 Å². The van der Waals surface area contributed by atoms with Crippen LogP contribution in [-0.4, -0.2) is 28.2 Å². The summed E-state index contributed by atoms with van der Waals surface area (Å²) in [6.07, 6.45) is 0.786. The molecule has 0 unspecified atom stereocenters. The Morgan fingerprint density at radius 3 is 2.28 bits per heavy atom. The summed E-state index contributed by atoms with van der Waals surface area (Å²) in [5.41, 5.74) is 1.80. The summed E-state index contributed by atoms with van der Waals surface area (Å²) < 4.78 is 40.8. The number of ether oxygens (including phenoxy) is 2. The molecule has 0 atom stereocenters. The summed E-state index contributed by atoms with van der Waals surface area (Å²) in [7, 11) is -2.25. The highest BCUT2D eigenvalue weighted by Gasteiger charge is 2.18. The predicted octanol–water partition coefficient (Wildman–Crippen LogP) is 3.74. The minimum Gasteiger partial charge on any atom is -0.491 e. The molecule has 0 spiro atoms. The van der Waals surface area contributed by atoms with Crippen LogP contribution in [0.1, 0.15) is 25.0 Å². The minimum absolute atomic E-state index is 0.0222. The second-order valence-corrected chi connectivity index (χ2v) is 7.56. The Bertz CT molecular complexity index is 795. The number of benzene rings is 2. The summed E-state index contributed by atoms with van der Waals surface area (Å²) in [6.45, 7) is 6.26. The molecule has 0 aliphatic carbocycles. The minimum atomic E-state index is -3.89. The highest BCUT2D eigenvalue weighted by atomic mass is 32.2. The van der Waals surface area contributed by atoms with Gasteiger partial charge in [0.25, 0.3) is 0 Å².